The maximum atomic E-state index is 12.4. The van der Waals surface area contributed by atoms with E-state index in [-0.39, 0.29) is 5.91 Å². The Morgan fingerprint density at radius 3 is 2.66 bits per heavy atom. The molecule has 0 aliphatic carbocycles. The molecule has 1 aliphatic rings. The van der Waals surface area contributed by atoms with Gasteiger partial charge in [0, 0.05) is 42.1 Å². The first-order valence-electron chi connectivity index (χ1n) is 10.9. The van der Waals surface area contributed by atoms with Crippen molar-refractivity contribution in [1.29, 1.82) is 0 Å². The lowest BCUT2D eigenvalue weighted by molar-refractivity contribution is -0.111. The molecule has 160 valence electrons. The topological polar surface area (TPSA) is 77.6 Å². The molecular formula is C25H24N6O. The highest BCUT2D eigenvalue weighted by Crippen LogP contribution is 2.24. The number of benzene rings is 2. The van der Waals surface area contributed by atoms with Crippen LogP contribution in [0.25, 0.3) is 23.2 Å². The molecule has 0 bridgehead atoms. The number of amides is 1. The standard InChI is InChI=1S/C25H24N6O/c32-24(15-10-19-17-26-31(18-19)22-7-3-1-4-8-22)27-21-13-11-20(12-14-21)25-29-28-23-9-5-2-6-16-30(23)25/h1,3-4,7-8,10-15,17-18H,2,5-6,9,16H2,(H,27,32)/b15-10+. The molecule has 0 saturated heterocycles. The number of para-hydroxylation sites is 1. The van der Waals surface area contributed by atoms with Crippen molar-refractivity contribution in [3.05, 3.63) is 84.5 Å². The van der Waals surface area contributed by atoms with E-state index in [4.69, 9.17) is 0 Å². The zero-order valence-electron chi connectivity index (χ0n) is 17.7. The van der Waals surface area contributed by atoms with Gasteiger partial charge in [0.25, 0.3) is 0 Å². The summed E-state index contributed by atoms with van der Waals surface area (Å²) in [5.41, 5.74) is 3.57. The fourth-order valence-electron chi connectivity index (χ4n) is 3.90. The minimum atomic E-state index is -0.193. The molecule has 2 aromatic heterocycles. The van der Waals surface area contributed by atoms with Crippen molar-refractivity contribution in [3.8, 4) is 17.1 Å². The number of nitrogens with one attached hydrogen (secondary N) is 1. The van der Waals surface area contributed by atoms with Crippen molar-refractivity contribution < 1.29 is 4.79 Å². The van der Waals surface area contributed by atoms with Gasteiger partial charge < -0.3 is 9.88 Å². The van der Waals surface area contributed by atoms with Crippen LogP contribution in [0, 0.1) is 0 Å². The largest absolute Gasteiger partial charge is 0.323 e. The molecule has 7 heteroatoms. The van der Waals surface area contributed by atoms with E-state index in [9.17, 15) is 4.79 Å². The molecule has 2 aromatic carbocycles. The summed E-state index contributed by atoms with van der Waals surface area (Å²) in [6.45, 7) is 0.960. The number of anilines is 1. The lowest BCUT2D eigenvalue weighted by Crippen LogP contribution is -2.07. The predicted octanol–water partition coefficient (Wildman–Crippen LogP) is 4.51. The molecule has 0 atom stereocenters. The molecule has 32 heavy (non-hydrogen) atoms. The summed E-state index contributed by atoms with van der Waals surface area (Å²) < 4.78 is 4.00. The van der Waals surface area contributed by atoms with Crippen LogP contribution in [0.15, 0.2) is 73.1 Å². The molecular weight excluding hydrogens is 400 g/mol. The zero-order valence-corrected chi connectivity index (χ0v) is 17.7. The van der Waals surface area contributed by atoms with Crippen molar-refractivity contribution in [2.45, 2.75) is 32.2 Å². The average Bonchev–Trinajstić information content (AvgIpc) is 3.40. The van der Waals surface area contributed by atoms with Crippen molar-refractivity contribution in [2.75, 3.05) is 5.32 Å². The second-order valence-corrected chi connectivity index (χ2v) is 7.86. The van der Waals surface area contributed by atoms with Gasteiger partial charge in [0.2, 0.25) is 5.91 Å². The summed E-state index contributed by atoms with van der Waals surface area (Å²) in [6.07, 6.45) is 11.4. The number of fused-ring (bicyclic) bond motifs is 1. The number of aryl methyl sites for hydroxylation is 1. The van der Waals surface area contributed by atoms with E-state index in [0.29, 0.717) is 0 Å². The van der Waals surface area contributed by atoms with Gasteiger partial charge in [-0.2, -0.15) is 5.10 Å². The summed E-state index contributed by atoms with van der Waals surface area (Å²) in [7, 11) is 0. The lowest BCUT2D eigenvalue weighted by Gasteiger charge is -2.08. The van der Waals surface area contributed by atoms with Gasteiger partial charge in [-0.3, -0.25) is 4.79 Å². The number of hydrogen-bond acceptors (Lipinski definition) is 4. The maximum Gasteiger partial charge on any atom is 0.248 e. The van der Waals surface area contributed by atoms with Crippen molar-refractivity contribution >= 4 is 17.7 Å². The van der Waals surface area contributed by atoms with E-state index in [2.05, 4.69) is 25.2 Å². The molecule has 3 heterocycles. The SMILES string of the molecule is O=C(/C=C/c1cnn(-c2ccccc2)c1)Nc1ccc(-c2nnc3n2CCCCC3)cc1. The molecule has 1 aliphatic heterocycles. The quantitative estimate of drug-likeness (QED) is 0.478. The van der Waals surface area contributed by atoms with E-state index in [1.807, 2.05) is 60.8 Å². The molecule has 5 rings (SSSR count). The van der Waals surface area contributed by atoms with Crippen molar-refractivity contribution in [2.24, 2.45) is 0 Å². The molecule has 0 unspecified atom stereocenters. The third-order valence-corrected chi connectivity index (χ3v) is 5.57. The molecule has 4 aromatic rings. The summed E-state index contributed by atoms with van der Waals surface area (Å²) in [4.78, 5) is 12.4. The van der Waals surface area contributed by atoms with Crippen LogP contribution in [0.2, 0.25) is 0 Å². The van der Waals surface area contributed by atoms with E-state index in [1.54, 1.807) is 17.0 Å². The van der Waals surface area contributed by atoms with Crippen LogP contribution in [0.5, 0.6) is 0 Å². The monoisotopic (exact) mass is 424 g/mol. The Labute approximate surface area is 186 Å². The average molecular weight is 425 g/mol. The number of carbonyl (C=O) groups is 1. The normalized spacial score (nSPS) is 13.6. The molecule has 0 spiro atoms. The highest BCUT2D eigenvalue weighted by atomic mass is 16.1. The van der Waals surface area contributed by atoms with Gasteiger partial charge in [-0.05, 0) is 55.3 Å². The second-order valence-electron chi connectivity index (χ2n) is 7.86. The van der Waals surface area contributed by atoms with E-state index in [0.717, 1.165) is 53.5 Å². The first-order chi connectivity index (χ1) is 15.8. The smallest absolute Gasteiger partial charge is 0.248 e. The third-order valence-electron chi connectivity index (χ3n) is 5.57. The van der Waals surface area contributed by atoms with Gasteiger partial charge in [-0.15, -0.1) is 10.2 Å². The van der Waals surface area contributed by atoms with E-state index >= 15 is 0 Å². The fourth-order valence-corrected chi connectivity index (χ4v) is 3.90. The Bertz CT molecular complexity index is 1240. The molecule has 0 radical (unpaired) electrons. The minimum absolute atomic E-state index is 0.193. The fraction of sp³-hybridized carbons (Fsp3) is 0.200. The van der Waals surface area contributed by atoms with Crippen LogP contribution in [-0.2, 0) is 17.8 Å². The first-order valence-corrected chi connectivity index (χ1v) is 10.9. The summed E-state index contributed by atoms with van der Waals surface area (Å²) in [6, 6.07) is 17.6. The number of rotatable bonds is 5. The zero-order chi connectivity index (χ0) is 21.8. The molecule has 0 fully saturated rings. The Morgan fingerprint density at radius 1 is 0.969 bits per heavy atom. The maximum absolute atomic E-state index is 12.4. The van der Waals surface area contributed by atoms with Gasteiger partial charge in [0.1, 0.15) is 5.82 Å². The number of aromatic nitrogens is 5. The summed E-state index contributed by atoms with van der Waals surface area (Å²) in [5.74, 6) is 1.77. The Balaban J connectivity index is 1.23. The first kappa shape index (κ1) is 19.9. The molecule has 7 nitrogen and oxygen atoms in total. The second kappa shape index (κ2) is 9.01. The van der Waals surface area contributed by atoms with Crippen LogP contribution in [0.1, 0.15) is 30.7 Å². The predicted molar refractivity (Wildman–Crippen MR) is 124 cm³/mol. The molecule has 1 amide bonds. The minimum Gasteiger partial charge on any atom is -0.323 e. The molecule has 1 N–H and O–H groups in total. The highest BCUT2D eigenvalue weighted by molar-refractivity contribution is 6.02. The number of hydrogen-bond donors (Lipinski definition) is 1. The van der Waals surface area contributed by atoms with Crippen LogP contribution in [-0.4, -0.2) is 30.5 Å². The van der Waals surface area contributed by atoms with Gasteiger partial charge >= 0.3 is 0 Å². The lowest BCUT2D eigenvalue weighted by atomic mass is 10.2. The van der Waals surface area contributed by atoms with Crippen LogP contribution >= 0.6 is 0 Å². The van der Waals surface area contributed by atoms with Crippen LogP contribution in [0.4, 0.5) is 5.69 Å². The van der Waals surface area contributed by atoms with Gasteiger partial charge in [0.15, 0.2) is 5.82 Å². The van der Waals surface area contributed by atoms with Gasteiger partial charge in [-0.1, -0.05) is 24.6 Å². The third kappa shape index (κ3) is 4.37. The number of carbonyl (C=O) groups excluding carboxylic acids is 1. The van der Waals surface area contributed by atoms with E-state index in [1.165, 1.54) is 18.9 Å². The number of nitrogens with zero attached hydrogens (tertiary/aromatic N) is 5. The van der Waals surface area contributed by atoms with Gasteiger partial charge in [-0.25, -0.2) is 4.68 Å². The molecule has 0 saturated carbocycles. The van der Waals surface area contributed by atoms with Crippen molar-refractivity contribution in [1.82, 2.24) is 24.5 Å². The summed E-state index contributed by atoms with van der Waals surface area (Å²) in [5, 5.41) is 16.0. The highest BCUT2D eigenvalue weighted by Gasteiger charge is 2.15. The van der Waals surface area contributed by atoms with Crippen LogP contribution < -0.4 is 5.32 Å². The van der Waals surface area contributed by atoms with E-state index < -0.39 is 0 Å². The Kier molecular flexibility index (Phi) is 5.61. The Morgan fingerprint density at radius 2 is 1.81 bits per heavy atom. The van der Waals surface area contributed by atoms with Crippen molar-refractivity contribution in [3.63, 3.8) is 0 Å². The Hall–Kier alpha value is -4.00. The summed E-state index contributed by atoms with van der Waals surface area (Å²) >= 11 is 0. The van der Waals surface area contributed by atoms with Gasteiger partial charge in [0.05, 0.1) is 11.9 Å². The van der Waals surface area contributed by atoms with Crippen LogP contribution in [0.3, 0.4) is 0 Å².